The third-order valence-electron chi connectivity index (χ3n) is 5.35. The molecule has 168 valence electrons. The fourth-order valence-electron chi connectivity index (χ4n) is 3.83. The molecule has 0 saturated carbocycles. The molecular formula is C23H24N2O5S2. The zero-order chi connectivity index (χ0) is 22.9. The third kappa shape index (κ3) is 4.23. The number of sulfonamides is 1. The summed E-state index contributed by atoms with van der Waals surface area (Å²) in [5.74, 6) is 1.35. The van der Waals surface area contributed by atoms with Gasteiger partial charge in [-0.1, -0.05) is 19.1 Å². The molecule has 0 amide bonds. The van der Waals surface area contributed by atoms with Crippen LogP contribution >= 0.6 is 11.3 Å². The second kappa shape index (κ2) is 8.93. The Kier molecular flexibility index (Phi) is 6.23. The van der Waals surface area contributed by atoms with Crippen LogP contribution in [0.15, 0.2) is 52.6 Å². The van der Waals surface area contributed by atoms with Gasteiger partial charge in [-0.2, -0.15) is 4.31 Å². The number of aromatic amines is 1. The summed E-state index contributed by atoms with van der Waals surface area (Å²) >= 11 is 1.41. The van der Waals surface area contributed by atoms with Crippen molar-refractivity contribution in [2.75, 3.05) is 33.1 Å². The maximum Gasteiger partial charge on any atom is 0.266 e. The standard InChI is InChI=1S/C23H24N2O5S2/c1-4-25(32(3,27)28)12-13-30-16-7-5-15(6-8-16)20-19(29-2)10-9-18-21(20)17-11-14-31-22(17)23(26)24-18/h5-11,14H,4,12-13H2,1-3H3,(H,24,26). The van der Waals surface area contributed by atoms with E-state index in [0.29, 0.717) is 22.7 Å². The quantitative estimate of drug-likeness (QED) is 0.417. The number of pyridine rings is 1. The van der Waals surface area contributed by atoms with Gasteiger partial charge in [0.05, 0.1) is 13.4 Å². The van der Waals surface area contributed by atoms with Crippen LogP contribution in [-0.4, -0.2) is 50.8 Å². The average molecular weight is 473 g/mol. The molecule has 0 unspecified atom stereocenters. The number of fused-ring (bicyclic) bond motifs is 3. The summed E-state index contributed by atoms with van der Waals surface area (Å²) in [6.07, 6.45) is 1.19. The van der Waals surface area contributed by atoms with E-state index in [9.17, 15) is 13.2 Å². The van der Waals surface area contributed by atoms with Gasteiger partial charge in [-0.3, -0.25) is 4.79 Å². The van der Waals surface area contributed by atoms with Crippen molar-refractivity contribution in [3.05, 3.63) is 58.2 Å². The Balaban J connectivity index is 1.68. The maximum atomic E-state index is 12.4. The van der Waals surface area contributed by atoms with E-state index < -0.39 is 10.0 Å². The summed E-state index contributed by atoms with van der Waals surface area (Å²) in [4.78, 5) is 15.4. The highest BCUT2D eigenvalue weighted by Crippen LogP contribution is 2.40. The van der Waals surface area contributed by atoms with E-state index in [1.54, 1.807) is 14.0 Å². The molecule has 9 heteroatoms. The summed E-state index contributed by atoms with van der Waals surface area (Å²) < 4.78 is 36.9. The molecule has 32 heavy (non-hydrogen) atoms. The number of aromatic nitrogens is 1. The zero-order valence-corrected chi connectivity index (χ0v) is 19.7. The highest BCUT2D eigenvalue weighted by molar-refractivity contribution is 7.88. The molecule has 0 aliphatic heterocycles. The lowest BCUT2D eigenvalue weighted by molar-refractivity contribution is 0.277. The number of methoxy groups -OCH3 is 1. The van der Waals surface area contributed by atoms with Gasteiger partial charge in [0.25, 0.3) is 5.56 Å². The Hall–Kier alpha value is -2.88. The number of benzene rings is 2. The van der Waals surface area contributed by atoms with Gasteiger partial charge < -0.3 is 14.5 Å². The first-order valence-electron chi connectivity index (χ1n) is 10.1. The van der Waals surface area contributed by atoms with Gasteiger partial charge in [0.1, 0.15) is 22.8 Å². The first-order valence-corrected chi connectivity index (χ1v) is 12.8. The number of likely N-dealkylation sites (N-methyl/N-ethyl adjacent to an activating group) is 1. The monoisotopic (exact) mass is 472 g/mol. The van der Waals surface area contributed by atoms with E-state index in [1.165, 1.54) is 21.9 Å². The van der Waals surface area contributed by atoms with Crippen molar-refractivity contribution in [2.24, 2.45) is 0 Å². The molecule has 0 radical (unpaired) electrons. The van der Waals surface area contributed by atoms with E-state index in [2.05, 4.69) is 4.98 Å². The summed E-state index contributed by atoms with van der Waals surface area (Å²) in [5, 5.41) is 3.74. The molecule has 0 bridgehead atoms. The van der Waals surface area contributed by atoms with E-state index in [-0.39, 0.29) is 18.7 Å². The Bertz CT molecular complexity index is 1420. The minimum Gasteiger partial charge on any atom is -0.496 e. The zero-order valence-electron chi connectivity index (χ0n) is 18.0. The van der Waals surface area contributed by atoms with Crippen LogP contribution in [0.1, 0.15) is 6.92 Å². The van der Waals surface area contributed by atoms with Crippen molar-refractivity contribution in [2.45, 2.75) is 6.92 Å². The number of thiophene rings is 1. The Morgan fingerprint density at radius 2 is 1.84 bits per heavy atom. The van der Waals surface area contributed by atoms with Crippen LogP contribution in [0.4, 0.5) is 0 Å². The molecular weight excluding hydrogens is 448 g/mol. The Morgan fingerprint density at radius 3 is 2.50 bits per heavy atom. The molecule has 4 aromatic rings. The largest absolute Gasteiger partial charge is 0.496 e. The van der Waals surface area contributed by atoms with Crippen LogP contribution in [0.2, 0.25) is 0 Å². The van der Waals surface area contributed by atoms with Crippen LogP contribution in [0.25, 0.3) is 32.1 Å². The molecule has 1 N–H and O–H groups in total. The summed E-state index contributed by atoms with van der Waals surface area (Å²) in [6.45, 7) is 2.75. The van der Waals surface area contributed by atoms with E-state index in [4.69, 9.17) is 9.47 Å². The number of hydrogen-bond acceptors (Lipinski definition) is 6. The third-order valence-corrected chi connectivity index (χ3v) is 7.64. The van der Waals surface area contributed by atoms with Crippen molar-refractivity contribution in [3.63, 3.8) is 0 Å². The predicted molar refractivity (Wildman–Crippen MR) is 130 cm³/mol. The molecule has 0 aliphatic rings. The van der Waals surface area contributed by atoms with Gasteiger partial charge in [0.2, 0.25) is 10.0 Å². The number of rotatable bonds is 8. The predicted octanol–water partition coefficient (Wildman–Crippen LogP) is 4.08. The molecule has 2 heterocycles. The number of nitrogens with zero attached hydrogens (tertiary/aromatic N) is 1. The number of H-pyrrole nitrogens is 1. The minimum atomic E-state index is -3.24. The molecule has 0 fully saturated rings. The van der Waals surface area contributed by atoms with E-state index in [0.717, 1.165) is 27.4 Å². The number of ether oxygens (including phenoxy) is 2. The summed E-state index contributed by atoms with van der Waals surface area (Å²) in [6, 6.07) is 13.2. The first kappa shape index (κ1) is 22.3. The molecule has 0 saturated heterocycles. The van der Waals surface area contributed by atoms with Crippen molar-refractivity contribution in [1.29, 1.82) is 0 Å². The smallest absolute Gasteiger partial charge is 0.266 e. The van der Waals surface area contributed by atoms with E-state index >= 15 is 0 Å². The topological polar surface area (TPSA) is 88.7 Å². The van der Waals surface area contributed by atoms with Gasteiger partial charge in [0, 0.05) is 34.9 Å². The molecule has 7 nitrogen and oxygen atoms in total. The van der Waals surface area contributed by atoms with Crippen LogP contribution in [0, 0.1) is 0 Å². The lowest BCUT2D eigenvalue weighted by Gasteiger charge is -2.18. The Labute approximate surface area is 190 Å². The van der Waals surface area contributed by atoms with Crippen LogP contribution in [0.5, 0.6) is 11.5 Å². The SMILES string of the molecule is CCN(CCOc1ccc(-c2c(OC)ccc3[nH]c(=O)c4sccc4c23)cc1)S(C)(=O)=O. The molecule has 0 aliphatic carbocycles. The second-order valence-corrected chi connectivity index (χ2v) is 10.2. The highest BCUT2D eigenvalue weighted by Gasteiger charge is 2.17. The van der Waals surface area contributed by atoms with E-state index in [1.807, 2.05) is 47.8 Å². The lowest BCUT2D eigenvalue weighted by atomic mass is 9.97. The molecule has 0 spiro atoms. The summed E-state index contributed by atoms with van der Waals surface area (Å²) in [5.41, 5.74) is 2.46. The second-order valence-electron chi connectivity index (χ2n) is 7.31. The first-order chi connectivity index (χ1) is 15.3. The Morgan fingerprint density at radius 1 is 1.09 bits per heavy atom. The van der Waals surface area contributed by atoms with Gasteiger partial charge >= 0.3 is 0 Å². The maximum absolute atomic E-state index is 12.4. The molecule has 2 aromatic carbocycles. The number of hydrogen-bond donors (Lipinski definition) is 1. The fourth-order valence-corrected chi connectivity index (χ4v) is 5.50. The van der Waals surface area contributed by atoms with Gasteiger partial charge in [-0.05, 0) is 41.3 Å². The van der Waals surface area contributed by atoms with Crippen molar-refractivity contribution in [1.82, 2.24) is 9.29 Å². The fraction of sp³-hybridized carbons (Fsp3) is 0.261. The van der Waals surface area contributed by atoms with Crippen LogP contribution < -0.4 is 15.0 Å². The van der Waals surface area contributed by atoms with Gasteiger partial charge in [0.15, 0.2) is 0 Å². The van der Waals surface area contributed by atoms with Gasteiger partial charge in [-0.15, -0.1) is 11.3 Å². The molecule has 4 rings (SSSR count). The van der Waals surface area contributed by atoms with Crippen LogP contribution in [0.3, 0.4) is 0 Å². The van der Waals surface area contributed by atoms with Crippen molar-refractivity contribution < 1.29 is 17.9 Å². The summed E-state index contributed by atoms with van der Waals surface area (Å²) in [7, 11) is -1.62. The average Bonchev–Trinajstić information content (AvgIpc) is 3.26. The molecule has 2 aromatic heterocycles. The van der Waals surface area contributed by atoms with Crippen molar-refractivity contribution in [3.8, 4) is 22.6 Å². The highest BCUT2D eigenvalue weighted by atomic mass is 32.2. The van der Waals surface area contributed by atoms with Gasteiger partial charge in [-0.25, -0.2) is 8.42 Å². The number of nitrogens with one attached hydrogen (secondary N) is 1. The van der Waals surface area contributed by atoms with Crippen molar-refractivity contribution >= 4 is 42.3 Å². The molecule has 0 atom stereocenters. The minimum absolute atomic E-state index is 0.0995. The van der Waals surface area contributed by atoms with Crippen LogP contribution in [-0.2, 0) is 10.0 Å². The normalized spacial score (nSPS) is 12.0. The lowest BCUT2D eigenvalue weighted by Crippen LogP contribution is -2.33.